The number of halogens is 1. The molecular weight excluding hydrogens is 337 g/mol. The Kier molecular flexibility index (Phi) is 4.11. The van der Waals surface area contributed by atoms with Crippen molar-refractivity contribution >= 4 is 5.91 Å². The van der Waals surface area contributed by atoms with Crippen LogP contribution in [0.25, 0.3) is 0 Å². The third kappa shape index (κ3) is 2.92. The zero-order valence-electron chi connectivity index (χ0n) is 14.5. The van der Waals surface area contributed by atoms with Gasteiger partial charge in [0, 0.05) is 18.2 Å². The molecule has 0 bridgehead atoms. The van der Waals surface area contributed by atoms with Gasteiger partial charge in [0.15, 0.2) is 0 Å². The summed E-state index contributed by atoms with van der Waals surface area (Å²) in [7, 11) is 0. The van der Waals surface area contributed by atoms with Crippen LogP contribution < -0.4 is 5.56 Å². The maximum atomic E-state index is 14.2. The van der Waals surface area contributed by atoms with E-state index in [0.717, 1.165) is 0 Å². The molecule has 2 aliphatic rings. The van der Waals surface area contributed by atoms with Gasteiger partial charge in [-0.2, -0.15) is 0 Å². The van der Waals surface area contributed by atoms with E-state index in [9.17, 15) is 14.0 Å². The van der Waals surface area contributed by atoms with Crippen LogP contribution in [-0.2, 0) is 14.9 Å². The van der Waals surface area contributed by atoms with E-state index in [-0.39, 0.29) is 17.3 Å². The van der Waals surface area contributed by atoms with Gasteiger partial charge in [0.2, 0.25) is 5.91 Å². The number of nitrogens with one attached hydrogen (secondary N) is 1. The van der Waals surface area contributed by atoms with Gasteiger partial charge >= 0.3 is 0 Å². The summed E-state index contributed by atoms with van der Waals surface area (Å²) < 4.78 is 20.0. The van der Waals surface area contributed by atoms with Crippen LogP contribution in [-0.4, -0.2) is 40.5 Å². The molecule has 1 amide bonds. The average Bonchev–Trinajstić information content (AvgIpc) is 3.42. The third-order valence-electron chi connectivity index (χ3n) is 5.11. The molecule has 6 nitrogen and oxygen atoms in total. The van der Waals surface area contributed by atoms with Crippen molar-refractivity contribution in [2.24, 2.45) is 0 Å². The second-order valence-electron chi connectivity index (χ2n) is 6.93. The standard InChI is InChI=1S/C19H20FN3O3/c1-12-21-15(10-17(24)22-12)16-11-23(8-9-26-16)18(25)19(6-7-19)13-4-2-3-5-14(13)20/h2-5,10,16H,6-9,11H2,1H3,(H,21,22,24)/t16-/m1/s1. The Bertz CT molecular complexity index is 907. The Morgan fingerprint density at radius 3 is 2.85 bits per heavy atom. The summed E-state index contributed by atoms with van der Waals surface area (Å²) in [5.74, 6) is 0.0945. The number of aryl methyl sites for hydroxylation is 1. The fourth-order valence-electron chi connectivity index (χ4n) is 3.66. The molecule has 2 aromatic rings. The molecule has 2 fully saturated rings. The molecule has 1 aliphatic carbocycles. The molecule has 0 radical (unpaired) electrons. The molecule has 0 spiro atoms. The van der Waals surface area contributed by atoms with Gasteiger partial charge < -0.3 is 14.6 Å². The van der Waals surface area contributed by atoms with Crippen molar-refractivity contribution in [2.45, 2.75) is 31.3 Å². The van der Waals surface area contributed by atoms with Gasteiger partial charge in [0.25, 0.3) is 5.56 Å². The summed E-state index contributed by atoms with van der Waals surface area (Å²) in [6.07, 6.45) is 0.846. The molecule has 7 heteroatoms. The van der Waals surface area contributed by atoms with E-state index in [1.165, 1.54) is 12.1 Å². The number of aromatic amines is 1. The number of carbonyl (C=O) groups excluding carboxylic acids is 1. The van der Waals surface area contributed by atoms with Crippen LogP contribution in [0, 0.1) is 12.7 Å². The quantitative estimate of drug-likeness (QED) is 0.910. The van der Waals surface area contributed by atoms with Crippen molar-refractivity contribution in [3.05, 3.63) is 63.6 Å². The lowest BCUT2D eigenvalue weighted by atomic mass is 9.93. The molecule has 1 saturated heterocycles. The Balaban J connectivity index is 1.57. The highest BCUT2D eigenvalue weighted by molar-refractivity contribution is 5.91. The highest BCUT2D eigenvalue weighted by atomic mass is 19.1. The van der Waals surface area contributed by atoms with Crippen LogP contribution in [0.1, 0.15) is 36.0 Å². The number of morpholine rings is 1. The Morgan fingerprint density at radius 1 is 1.38 bits per heavy atom. The molecule has 4 rings (SSSR count). The van der Waals surface area contributed by atoms with Crippen molar-refractivity contribution < 1.29 is 13.9 Å². The minimum atomic E-state index is -0.759. The van der Waals surface area contributed by atoms with Gasteiger partial charge in [-0.3, -0.25) is 9.59 Å². The number of ether oxygens (including phenoxy) is 1. The van der Waals surface area contributed by atoms with Crippen LogP contribution in [0.4, 0.5) is 4.39 Å². The van der Waals surface area contributed by atoms with Gasteiger partial charge in [-0.1, -0.05) is 18.2 Å². The number of aromatic nitrogens is 2. The number of hydrogen-bond acceptors (Lipinski definition) is 4. The number of hydrogen-bond donors (Lipinski definition) is 1. The molecule has 1 saturated carbocycles. The van der Waals surface area contributed by atoms with Crippen molar-refractivity contribution in [3.63, 3.8) is 0 Å². The molecule has 0 unspecified atom stereocenters. The van der Waals surface area contributed by atoms with E-state index in [2.05, 4.69) is 9.97 Å². The van der Waals surface area contributed by atoms with E-state index < -0.39 is 11.5 Å². The first-order valence-corrected chi connectivity index (χ1v) is 8.73. The van der Waals surface area contributed by atoms with E-state index in [1.54, 1.807) is 30.0 Å². The summed E-state index contributed by atoms with van der Waals surface area (Å²) in [6, 6.07) is 7.88. The predicted molar refractivity (Wildman–Crippen MR) is 92.2 cm³/mol. The normalized spacial score (nSPS) is 21.5. The summed E-state index contributed by atoms with van der Waals surface area (Å²) in [5, 5.41) is 0. The minimum Gasteiger partial charge on any atom is -0.368 e. The van der Waals surface area contributed by atoms with Gasteiger partial charge in [-0.25, -0.2) is 9.37 Å². The second-order valence-corrected chi connectivity index (χ2v) is 6.93. The van der Waals surface area contributed by atoms with E-state index >= 15 is 0 Å². The molecule has 26 heavy (non-hydrogen) atoms. The number of nitrogens with zero attached hydrogens (tertiary/aromatic N) is 2. The lowest BCUT2D eigenvalue weighted by Gasteiger charge is -2.35. The smallest absolute Gasteiger partial charge is 0.251 e. The number of amides is 1. The van der Waals surface area contributed by atoms with E-state index in [1.807, 2.05) is 0 Å². The second kappa shape index (κ2) is 6.32. The van der Waals surface area contributed by atoms with Crippen molar-refractivity contribution in [1.29, 1.82) is 0 Å². The summed E-state index contributed by atoms with van der Waals surface area (Å²) in [5.41, 5.74) is -0.0210. The Hall–Kier alpha value is -2.54. The Morgan fingerprint density at radius 2 is 2.15 bits per heavy atom. The number of benzene rings is 1. The third-order valence-corrected chi connectivity index (χ3v) is 5.11. The molecule has 136 valence electrons. The van der Waals surface area contributed by atoms with Crippen molar-refractivity contribution in [3.8, 4) is 0 Å². The monoisotopic (exact) mass is 357 g/mol. The molecule has 1 aromatic carbocycles. The van der Waals surface area contributed by atoms with Crippen LogP contribution in [0.2, 0.25) is 0 Å². The first kappa shape index (κ1) is 16.9. The average molecular weight is 357 g/mol. The highest BCUT2D eigenvalue weighted by Crippen LogP contribution is 2.50. The molecule has 2 heterocycles. The summed E-state index contributed by atoms with van der Waals surface area (Å²) >= 11 is 0. The molecule has 1 aromatic heterocycles. The lowest BCUT2D eigenvalue weighted by molar-refractivity contribution is -0.142. The Labute approximate surface area is 150 Å². The molecule has 1 N–H and O–H groups in total. The zero-order chi connectivity index (χ0) is 18.3. The first-order valence-electron chi connectivity index (χ1n) is 8.73. The summed E-state index contributed by atoms with van der Waals surface area (Å²) in [6.45, 7) is 2.82. The zero-order valence-corrected chi connectivity index (χ0v) is 14.5. The van der Waals surface area contributed by atoms with Gasteiger partial charge in [0.1, 0.15) is 17.7 Å². The maximum Gasteiger partial charge on any atom is 0.251 e. The minimum absolute atomic E-state index is 0.0718. The fourth-order valence-corrected chi connectivity index (χ4v) is 3.66. The molecular formula is C19H20FN3O3. The largest absolute Gasteiger partial charge is 0.368 e. The molecule has 1 aliphatic heterocycles. The topological polar surface area (TPSA) is 75.3 Å². The lowest BCUT2D eigenvalue weighted by Crippen LogP contribution is -2.47. The van der Waals surface area contributed by atoms with Crippen LogP contribution >= 0.6 is 0 Å². The highest BCUT2D eigenvalue weighted by Gasteiger charge is 2.54. The van der Waals surface area contributed by atoms with Gasteiger partial charge in [-0.15, -0.1) is 0 Å². The maximum absolute atomic E-state index is 14.2. The number of H-pyrrole nitrogens is 1. The fraction of sp³-hybridized carbons (Fsp3) is 0.421. The van der Waals surface area contributed by atoms with Crippen LogP contribution in [0.3, 0.4) is 0 Å². The van der Waals surface area contributed by atoms with E-state index in [0.29, 0.717) is 49.6 Å². The predicted octanol–water partition coefficient (Wildman–Crippen LogP) is 1.85. The van der Waals surface area contributed by atoms with Gasteiger partial charge in [0.05, 0.1) is 24.3 Å². The van der Waals surface area contributed by atoms with Crippen molar-refractivity contribution in [2.75, 3.05) is 19.7 Å². The van der Waals surface area contributed by atoms with Crippen molar-refractivity contribution in [1.82, 2.24) is 14.9 Å². The van der Waals surface area contributed by atoms with E-state index in [4.69, 9.17) is 4.74 Å². The molecule has 1 atom stereocenters. The number of rotatable bonds is 3. The van der Waals surface area contributed by atoms with Crippen LogP contribution in [0.15, 0.2) is 35.1 Å². The van der Waals surface area contributed by atoms with Gasteiger partial charge in [-0.05, 0) is 25.8 Å². The summed E-state index contributed by atoms with van der Waals surface area (Å²) in [4.78, 5) is 33.5. The number of carbonyl (C=O) groups is 1. The van der Waals surface area contributed by atoms with Crippen LogP contribution in [0.5, 0.6) is 0 Å². The SMILES string of the molecule is Cc1nc([C@H]2CN(C(=O)C3(c4ccccc4F)CC3)CCO2)cc(=O)[nH]1. The first-order chi connectivity index (χ1) is 12.5.